The average molecular weight is 567 g/mol. The van der Waals surface area contributed by atoms with Crippen molar-refractivity contribution in [2.24, 2.45) is 7.05 Å². The summed E-state index contributed by atoms with van der Waals surface area (Å²) in [5.41, 5.74) is 1.76. The predicted molar refractivity (Wildman–Crippen MR) is 145 cm³/mol. The van der Waals surface area contributed by atoms with Gasteiger partial charge in [-0.2, -0.15) is 12.7 Å². The highest BCUT2D eigenvalue weighted by Crippen LogP contribution is 2.35. The molecule has 2 heterocycles. The summed E-state index contributed by atoms with van der Waals surface area (Å²) in [6.07, 6.45) is 2.32. The molecule has 0 bridgehead atoms. The van der Waals surface area contributed by atoms with Gasteiger partial charge in [-0.3, -0.25) is 5.32 Å². The molecule has 0 aliphatic carbocycles. The second kappa shape index (κ2) is 11.0. The van der Waals surface area contributed by atoms with E-state index in [1.54, 1.807) is 6.07 Å². The molecule has 4 rings (SSSR count). The Hall–Kier alpha value is -2.63. The minimum atomic E-state index is -4.10. The van der Waals surface area contributed by atoms with E-state index in [0.717, 1.165) is 28.4 Å². The first kappa shape index (κ1) is 27.4. The van der Waals surface area contributed by atoms with E-state index >= 15 is 0 Å². The zero-order valence-electron chi connectivity index (χ0n) is 20.5. The van der Waals surface area contributed by atoms with E-state index in [4.69, 9.17) is 23.2 Å². The number of amides is 2. The fraction of sp³-hybridized carbons (Fsp3) is 0.360. The number of carbonyl (C=O) groups is 2. The number of carbonyl (C=O) groups excluding carboxylic acids is 2. The van der Waals surface area contributed by atoms with Crippen LogP contribution < -0.4 is 15.4 Å². The first-order chi connectivity index (χ1) is 17.6. The van der Waals surface area contributed by atoms with Crippen LogP contribution in [0.2, 0.25) is 10.0 Å². The Morgan fingerprint density at radius 3 is 2.59 bits per heavy atom. The Morgan fingerprint density at radius 1 is 1.19 bits per heavy atom. The Labute approximate surface area is 226 Å². The quantitative estimate of drug-likeness (QED) is 0.362. The van der Waals surface area contributed by atoms with E-state index < -0.39 is 27.8 Å². The maximum absolute atomic E-state index is 13.0. The van der Waals surface area contributed by atoms with Crippen molar-refractivity contribution in [1.82, 2.24) is 24.2 Å². The SMILES string of the molecule is CNC(=O)NS(=O)(=O)N1CCCC(NC(C=O)Cc2cc3c(Cl)c(Cl)ccc3n2C)(c2ccccc2)C1. The summed E-state index contributed by atoms with van der Waals surface area (Å²) in [5.74, 6) is 0. The molecule has 198 valence electrons. The molecule has 0 radical (unpaired) electrons. The van der Waals surface area contributed by atoms with Crippen molar-refractivity contribution in [3.63, 3.8) is 0 Å². The standard InChI is InChI=1S/C25H29Cl2N5O4S/c1-28-24(34)30-37(35,36)32-12-6-11-25(16-32,17-7-4-3-5-8-17)29-18(15-33)13-19-14-20-22(31(19)2)10-9-21(26)23(20)27/h3-5,7-10,14-15,18,29H,6,11-13,16H2,1-2H3,(H2,28,30,34). The number of hydrogen-bond donors (Lipinski definition) is 3. The van der Waals surface area contributed by atoms with Gasteiger partial charge in [-0.1, -0.05) is 53.5 Å². The normalized spacial score (nSPS) is 19.5. The largest absolute Gasteiger partial charge is 0.348 e. The van der Waals surface area contributed by atoms with Crippen LogP contribution in [0.15, 0.2) is 48.5 Å². The third-order valence-corrected chi connectivity index (χ3v) is 9.09. The average Bonchev–Trinajstić information content (AvgIpc) is 3.21. The molecule has 3 aromatic rings. The van der Waals surface area contributed by atoms with E-state index in [-0.39, 0.29) is 13.1 Å². The third-order valence-electron chi connectivity index (χ3n) is 6.84. The molecule has 0 saturated carbocycles. The molecule has 2 atom stereocenters. The highest BCUT2D eigenvalue weighted by atomic mass is 35.5. The van der Waals surface area contributed by atoms with Crippen LogP contribution in [0, 0.1) is 0 Å². The van der Waals surface area contributed by atoms with E-state index in [9.17, 15) is 18.0 Å². The monoisotopic (exact) mass is 565 g/mol. The first-order valence-corrected chi connectivity index (χ1v) is 14.0. The van der Waals surface area contributed by atoms with Gasteiger partial charge in [-0.05, 0) is 36.6 Å². The van der Waals surface area contributed by atoms with Crippen molar-refractivity contribution >= 4 is 56.6 Å². The Balaban J connectivity index is 1.67. The minimum Gasteiger partial charge on any atom is -0.348 e. The summed E-state index contributed by atoms with van der Waals surface area (Å²) in [6, 6.07) is 13.5. The number of nitrogens with one attached hydrogen (secondary N) is 3. The van der Waals surface area contributed by atoms with Gasteiger partial charge in [0.05, 0.1) is 21.6 Å². The van der Waals surface area contributed by atoms with Gasteiger partial charge >= 0.3 is 16.2 Å². The zero-order valence-corrected chi connectivity index (χ0v) is 22.8. The van der Waals surface area contributed by atoms with E-state index in [1.807, 2.05) is 58.8 Å². The first-order valence-electron chi connectivity index (χ1n) is 11.8. The summed E-state index contributed by atoms with van der Waals surface area (Å²) in [7, 11) is -0.851. The van der Waals surface area contributed by atoms with Crippen LogP contribution in [0.25, 0.3) is 10.9 Å². The lowest BCUT2D eigenvalue weighted by atomic mass is 9.82. The van der Waals surface area contributed by atoms with E-state index in [0.29, 0.717) is 29.3 Å². The molecule has 9 nitrogen and oxygen atoms in total. The summed E-state index contributed by atoms with van der Waals surface area (Å²) in [6.45, 7) is 0.293. The topological polar surface area (TPSA) is 113 Å². The summed E-state index contributed by atoms with van der Waals surface area (Å²) in [4.78, 5) is 24.1. The number of fused-ring (bicyclic) bond motifs is 1. The Morgan fingerprint density at radius 2 is 1.92 bits per heavy atom. The van der Waals surface area contributed by atoms with Gasteiger partial charge in [-0.25, -0.2) is 9.52 Å². The molecule has 1 fully saturated rings. The molecule has 1 aliphatic heterocycles. The molecular weight excluding hydrogens is 537 g/mol. The molecule has 2 aromatic carbocycles. The number of aromatic nitrogens is 1. The summed E-state index contributed by atoms with van der Waals surface area (Å²) < 4.78 is 31.1. The lowest BCUT2D eigenvalue weighted by molar-refractivity contribution is -0.110. The molecule has 1 aliphatic rings. The molecule has 2 amide bonds. The summed E-state index contributed by atoms with van der Waals surface area (Å²) >= 11 is 12.6. The lowest BCUT2D eigenvalue weighted by Crippen LogP contribution is -2.61. The number of hydrogen-bond acceptors (Lipinski definition) is 5. The molecule has 37 heavy (non-hydrogen) atoms. The van der Waals surface area contributed by atoms with Crippen LogP contribution in [-0.4, -0.2) is 55.8 Å². The maximum atomic E-state index is 13.0. The van der Waals surface area contributed by atoms with Crippen LogP contribution in [0.4, 0.5) is 4.79 Å². The second-order valence-corrected chi connectivity index (χ2v) is 11.6. The summed E-state index contributed by atoms with van der Waals surface area (Å²) in [5, 5.41) is 7.44. The lowest BCUT2D eigenvalue weighted by Gasteiger charge is -2.44. The number of urea groups is 1. The number of rotatable bonds is 8. The van der Waals surface area contributed by atoms with Gasteiger partial charge in [0.1, 0.15) is 6.29 Å². The second-order valence-electron chi connectivity index (χ2n) is 9.15. The van der Waals surface area contributed by atoms with Crippen molar-refractivity contribution in [1.29, 1.82) is 0 Å². The van der Waals surface area contributed by atoms with Crippen molar-refractivity contribution in [3.05, 3.63) is 69.8 Å². The van der Waals surface area contributed by atoms with Gasteiger partial charge in [0, 0.05) is 50.2 Å². The highest BCUT2D eigenvalue weighted by Gasteiger charge is 2.42. The maximum Gasteiger partial charge on any atom is 0.329 e. The van der Waals surface area contributed by atoms with Gasteiger partial charge < -0.3 is 14.7 Å². The van der Waals surface area contributed by atoms with E-state index in [1.165, 1.54) is 11.4 Å². The van der Waals surface area contributed by atoms with Crippen molar-refractivity contribution in [2.45, 2.75) is 30.8 Å². The zero-order chi connectivity index (χ0) is 26.8. The molecule has 12 heteroatoms. The van der Waals surface area contributed by atoms with Gasteiger partial charge in [0.15, 0.2) is 0 Å². The number of piperidine rings is 1. The van der Waals surface area contributed by atoms with Crippen LogP contribution >= 0.6 is 23.2 Å². The van der Waals surface area contributed by atoms with Crippen molar-refractivity contribution < 1.29 is 18.0 Å². The molecular formula is C25H29Cl2N5O4S. The minimum absolute atomic E-state index is 0.0459. The van der Waals surface area contributed by atoms with E-state index in [2.05, 4.69) is 10.6 Å². The highest BCUT2D eigenvalue weighted by molar-refractivity contribution is 7.87. The van der Waals surface area contributed by atoms with Gasteiger partial charge in [0.25, 0.3) is 0 Å². The molecule has 2 unspecified atom stereocenters. The molecule has 3 N–H and O–H groups in total. The molecule has 0 spiro atoms. The molecule has 1 saturated heterocycles. The smallest absolute Gasteiger partial charge is 0.329 e. The number of aryl methyl sites for hydroxylation is 1. The fourth-order valence-corrected chi connectivity index (χ4v) is 6.57. The third kappa shape index (κ3) is 5.63. The van der Waals surface area contributed by atoms with Crippen LogP contribution in [-0.2, 0) is 34.0 Å². The van der Waals surface area contributed by atoms with Gasteiger partial charge in [0.2, 0.25) is 0 Å². The number of aldehydes is 1. The van der Waals surface area contributed by atoms with Crippen LogP contribution in [0.3, 0.4) is 0 Å². The number of benzene rings is 2. The van der Waals surface area contributed by atoms with Crippen molar-refractivity contribution in [3.8, 4) is 0 Å². The number of nitrogens with zero attached hydrogens (tertiary/aromatic N) is 2. The fourth-order valence-electron chi connectivity index (χ4n) is 4.96. The molecule has 1 aromatic heterocycles. The number of halogens is 2. The van der Waals surface area contributed by atoms with Gasteiger partial charge in [-0.15, -0.1) is 0 Å². The Kier molecular flexibility index (Phi) is 8.15. The Bertz CT molecular complexity index is 1410. The van der Waals surface area contributed by atoms with Crippen LogP contribution in [0.1, 0.15) is 24.1 Å². The van der Waals surface area contributed by atoms with Crippen LogP contribution in [0.5, 0.6) is 0 Å². The van der Waals surface area contributed by atoms with Crippen molar-refractivity contribution in [2.75, 3.05) is 20.1 Å². The predicted octanol–water partition coefficient (Wildman–Crippen LogP) is 3.35.